The number of hydrogen-bond acceptors (Lipinski definition) is 6. The van der Waals surface area contributed by atoms with Gasteiger partial charge < -0.3 is 19.0 Å². The molecule has 2 fully saturated rings. The number of cyclic esters (lactones) is 1. The van der Waals surface area contributed by atoms with Crippen LogP contribution in [-0.2, 0) is 19.1 Å². The molecular formula is C21H26O6. The molecule has 1 aromatic heterocycles. The van der Waals surface area contributed by atoms with Crippen molar-refractivity contribution in [2.45, 2.75) is 51.7 Å². The van der Waals surface area contributed by atoms with Crippen LogP contribution in [0, 0.1) is 22.7 Å². The van der Waals surface area contributed by atoms with Gasteiger partial charge in [-0.1, -0.05) is 19.9 Å². The monoisotopic (exact) mass is 374 g/mol. The predicted octanol–water partition coefficient (Wildman–Crippen LogP) is 3.17. The number of esters is 2. The highest BCUT2D eigenvalue weighted by Gasteiger charge is 2.63. The van der Waals surface area contributed by atoms with Gasteiger partial charge in [-0.15, -0.1) is 0 Å². The number of aliphatic hydroxyl groups excluding tert-OH is 1. The van der Waals surface area contributed by atoms with E-state index >= 15 is 0 Å². The maximum Gasteiger partial charge on any atom is 0.333 e. The van der Waals surface area contributed by atoms with Crippen LogP contribution in [0.2, 0.25) is 0 Å². The molecule has 0 unspecified atom stereocenters. The fourth-order valence-corrected chi connectivity index (χ4v) is 6.04. The molecule has 0 spiro atoms. The molecule has 3 aliphatic rings. The van der Waals surface area contributed by atoms with Crippen molar-refractivity contribution >= 4 is 11.9 Å². The maximum atomic E-state index is 12.9. The smallest absolute Gasteiger partial charge is 0.333 e. The Hall–Kier alpha value is -2.08. The zero-order valence-corrected chi connectivity index (χ0v) is 15.9. The summed E-state index contributed by atoms with van der Waals surface area (Å²) in [6.45, 7) is 4.09. The first-order valence-corrected chi connectivity index (χ1v) is 9.51. The molecule has 6 heteroatoms. The van der Waals surface area contributed by atoms with E-state index in [1.165, 1.54) is 7.11 Å². The third-order valence-electron chi connectivity index (χ3n) is 7.20. The van der Waals surface area contributed by atoms with Gasteiger partial charge in [-0.2, -0.15) is 0 Å². The van der Waals surface area contributed by atoms with Crippen molar-refractivity contribution in [3.05, 3.63) is 35.8 Å². The Bertz CT molecular complexity index is 781. The van der Waals surface area contributed by atoms with Gasteiger partial charge in [-0.3, -0.25) is 4.79 Å². The van der Waals surface area contributed by atoms with E-state index in [9.17, 15) is 14.7 Å². The second kappa shape index (κ2) is 6.23. The Morgan fingerprint density at radius 3 is 2.81 bits per heavy atom. The van der Waals surface area contributed by atoms with Gasteiger partial charge >= 0.3 is 11.9 Å². The van der Waals surface area contributed by atoms with Gasteiger partial charge in [0.05, 0.1) is 31.7 Å². The summed E-state index contributed by atoms with van der Waals surface area (Å²) in [6, 6.07) is 1.81. The SMILES string of the molecule is COC(=O)C1=CC[C@H](O)[C@@H]2[C@@]3(C)C[C@@H](c4ccoc4)OC(=O)[C@@H]3CC[C@@]12C. The Labute approximate surface area is 158 Å². The number of rotatable bonds is 2. The van der Waals surface area contributed by atoms with E-state index in [-0.39, 0.29) is 23.8 Å². The number of carbonyl (C=O) groups excluding carboxylic acids is 2. The summed E-state index contributed by atoms with van der Waals surface area (Å²) in [5.74, 6) is -1.09. The van der Waals surface area contributed by atoms with E-state index in [1.54, 1.807) is 18.6 Å². The van der Waals surface area contributed by atoms with Crippen molar-refractivity contribution in [3.63, 3.8) is 0 Å². The minimum absolute atomic E-state index is 0.224. The standard InChI is InChI=1S/C21H26O6/c1-20-8-6-14-19(24)27-16(12-7-9-26-11-12)10-21(14,2)17(20)15(22)5-4-13(20)18(23)25-3/h4,7,9,11,14-17,22H,5-6,8,10H2,1-3H3/t14-,15-,16-,17-,20-,21-/m0/s1. The van der Waals surface area contributed by atoms with Gasteiger partial charge in [0.1, 0.15) is 6.10 Å². The van der Waals surface area contributed by atoms with Gasteiger partial charge in [-0.25, -0.2) is 4.79 Å². The van der Waals surface area contributed by atoms with Gasteiger partial charge in [0.15, 0.2) is 0 Å². The number of methoxy groups -OCH3 is 1. The van der Waals surface area contributed by atoms with Crippen LogP contribution in [0.4, 0.5) is 0 Å². The van der Waals surface area contributed by atoms with Crippen molar-refractivity contribution < 1.29 is 28.6 Å². The molecule has 0 bridgehead atoms. The van der Waals surface area contributed by atoms with Crippen LogP contribution in [0.15, 0.2) is 34.7 Å². The molecule has 1 aromatic rings. The third kappa shape index (κ3) is 2.57. The minimum atomic E-state index is -0.618. The summed E-state index contributed by atoms with van der Waals surface area (Å²) in [5, 5.41) is 11.0. The van der Waals surface area contributed by atoms with Crippen LogP contribution < -0.4 is 0 Å². The van der Waals surface area contributed by atoms with Crippen LogP contribution in [0.5, 0.6) is 0 Å². The zero-order valence-electron chi connectivity index (χ0n) is 15.9. The molecule has 1 aliphatic heterocycles. The van der Waals surface area contributed by atoms with Crippen molar-refractivity contribution in [2.75, 3.05) is 7.11 Å². The molecule has 4 rings (SSSR count). The summed E-state index contributed by atoms with van der Waals surface area (Å²) in [5.41, 5.74) is 0.425. The molecule has 6 nitrogen and oxygen atoms in total. The van der Waals surface area contributed by atoms with Crippen molar-refractivity contribution in [1.29, 1.82) is 0 Å². The van der Waals surface area contributed by atoms with E-state index in [1.807, 2.05) is 13.0 Å². The molecule has 2 aliphatic carbocycles. The summed E-state index contributed by atoms with van der Waals surface area (Å²) < 4.78 is 15.9. The highest BCUT2D eigenvalue weighted by atomic mass is 16.5. The van der Waals surface area contributed by atoms with Gasteiger partial charge in [-0.05, 0) is 37.2 Å². The van der Waals surface area contributed by atoms with Crippen molar-refractivity contribution in [1.82, 2.24) is 0 Å². The summed E-state index contributed by atoms with van der Waals surface area (Å²) >= 11 is 0. The Morgan fingerprint density at radius 2 is 2.15 bits per heavy atom. The first kappa shape index (κ1) is 18.3. The number of hydrogen-bond donors (Lipinski definition) is 1. The van der Waals surface area contributed by atoms with Crippen LogP contribution in [-0.4, -0.2) is 30.3 Å². The van der Waals surface area contributed by atoms with E-state index < -0.39 is 23.0 Å². The quantitative estimate of drug-likeness (QED) is 0.800. The minimum Gasteiger partial charge on any atom is -0.472 e. The highest BCUT2D eigenvalue weighted by Crippen LogP contribution is 2.64. The lowest BCUT2D eigenvalue weighted by molar-refractivity contribution is -0.200. The highest BCUT2D eigenvalue weighted by molar-refractivity contribution is 5.90. The molecule has 27 heavy (non-hydrogen) atoms. The first-order chi connectivity index (χ1) is 12.8. The zero-order chi connectivity index (χ0) is 19.4. The Kier molecular flexibility index (Phi) is 4.22. The molecule has 6 atom stereocenters. The fourth-order valence-electron chi connectivity index (χ4n) is 6.04. The topological polar surface area (TPSA) is 86.0 Å². The molecule has 1 saturated heterocycles. The predicted molar refractivity (Wildman–Crippen MR) is 95.3 cm³/mol. The van der Waals surface area contributed by atoms with Crippen molar-refractivity contribution in [2.24, 2.45) is 22.7 Å². The van der Waals surface area contributed by atoms with Crippen molar-refractivity contribution in [3.8, 4) is 0 Å². The molecule has 1 N–H and O–H groups in total. The molecule has 0 amide bonds. The van der Waals surface area contributed by atoms with E-state index in [0.717, 1.165) is 5.56 Å². The van der Waals surface area contributed by atoms with E-state index in [2.05, 4.69) is 6.92 Å². The maximum absolute atomic E-state index is 12.9. The lowest BCUT2D eigenvalue weighted by Gasteiger charge is -2.60. The largest absolute Gasteiger partial charge is 0.472 e. The number of aliphatic hydroxyl groups is 1. The van der Waals surface area contributed by atoms with Crippen LogP contribution in [0.25, 0.3) is 0 Å². The normalized spacial score (nSPS) is 41.0. The van der Waals surface area contributed by atoms with E-state index in [4.69, 9.17) is 13.9 Å². The average Bonchev–Trinajstić information content (AvgIpc) is 3.14. The molecule has 2 heterocycles. The average molecular weight is 374 g/mol. The van der Waals surface area contributed by atoms with Crippen LogP contribution in [0.3, 0.4) is 0 Å². The van der Waals surface area contributed by atoms with E-state index in [0.29, 0.717) is 31.3 Å². The lowest BCUT2D eigenvalue weighted by Crippen LogP contribution is -2.60. The number of ether oxygens (including phenoxy) is 2. The lowest BCUT2D eigenvalue weighted by atomic mass is 9.45. The number of fused-ring (bicyclic) bond motifs is 3. The molecule has 0 radical (unpaired) electrons. The summed E-state index contributed by atoms with van der Waals surface area (Å²) in [6.07, 6.45) is 6.20. The third-order valence-corrected chi connectivity index (χ3v) is 7.20. The van der Waals surface area contributed by atoms with Crippen LogP contribution in [0.1, 0.15) is 51.2 Å². The number of furan rings is 1. The molecule has 1 saturated carbocycles. The first-order valence-electron chi connectivity index (χ1n) is 9.51. The second-order valence-corrected chi connectivity index (χ2v) is 8.59. The summed E-state index contributed by atoms with van der Waals surface area (Å²) in [7, 11) is 1.38. The fraction of sp³-hybridized carbons (Fsp3) is 0.619. The molecular weight excluding hydrogens is 348 g/mol. The molecule has 146 valence electrons. The number of carbonyl (C=O) groups is 2. The van der Waals surface area contributed by atoms with Gasteiger partial charge in [0.25, 0.3) is 0 Å². The second-order valence-electron chi connectivity index (χ2n) is 8.59. The summed E-state index contributed by atoms with van der Waals surface area (Å²) in [4.78, 5) is 25.3. The molecule has 0 aromatic carbocycles. The Balaban J connectivity index is 1.77. The van der Waals surface area contributed by atoms with Gasteiger partial charge in [0, 0.05) is 22.5 Å². The Morgan fingerprint density at radius 1 is 1.37 bits per heavy atom. The van der Waals surface area contributed by atoms with Crippen LogP contribution >= 0.6 is 0 Å². The van der Waals surface area contributed by atoms with Gasteiger partial charge in [0.2, 0.25) is 0 Å².